The first kappa shape index (κ1) is 17.3. The molecule has 1 aromatic heterocycles. The Balaban J connectivity index is 1.61. The summed E-state index contributed by atoms with van der Waals surface area (Å²) in [6, 6.07) is 8.83. The number of benzene rings is 1. The largest absolute Gasteiger partial charge is 0.378 e. The number of rotatable bonds is 2. The summed E-state index contributed by atoms with van der Waals surface area (Å²) in [5.74, 6) is 0.861. The van der Waals surface area contributed by atoms with Crippen LogP contribution in [0.25, 0.3) is 11.3 Å². The fraction of sp³-hybridized carbons (Fsp3) is 0.500. The summed E-state index contributed by atoms with van der Waals surface area (Å²) < 4.78 is 7.57. The predicted molar refractivity (Wildman–Crippen MR) is 105 cm³/mol. The lowest BCUT2D eigenvalue weighted by Crippen LogP contribution is -2.41. The summed E-state index contributed by atoms with van der Waals surface area (Å²) in [4.78, 5) is 18.8. The Morgan fingerprint density at radius 1 is 1.22 bits per heavy atom. The molecule has 3 aliphatic heterocycles. The number of hydrogen-bond donors (Lipinski definition) is 0. The van der Waals surface area contributed by atoms with Crippen LogP contribution in [0.15, 0.2) is 29.2 Å². The van der Waals surface area contributed by atoms with E-state index in [1.807, 2.05) is 4.90 Å². The zero-order valence-corrected chi connectivity index (χ0v) is 16.4. The van der Waals surface area contributed by atoms with Gasteiger partial charge < -0.3 is 14.5 Å². The maximum absolute atomic E-state index is 13.3. The van der Waals surface area contributed by atoms with Gasteiger partial charge in [0.05, 0.1) is 24.9 Å². The van der Waals surface area contributed by atoms with E-state index in [2.05, 4.69) is 40.9 Å². The van der Waals surface area contributed by atoms with E-state index in [0.717, 1.165) is 36.5 Å². The number of ether oxygens (including phenoxy) is 1. The Bertz CT molecular complexity index is 875. The van der Waals surface area contributed by atoms with Crippen LogP contribution < -0.4 is 0 Å². The van der Waals surface area contributed by atoms with E-state index in [4.69, 9.17) is 9.84 Å². The lowest BCUT2D eigenvalue weighted by molar-refractivity contribution is 0.0297. The van der Waals surface area contributed by atoms with Gasteiger partial charge >= 0.3 is 0 Å². The molecule has 1 atom stereocenters. The lowest BCUT2D eigenvalue weighted by Gasteiger charge is -2.26. The molecule has 142 valence electrons. The number of fused-ring (bicyclic) bond motifs is 3. The van der Waals surface area contributed by atoms with Gasteiger partial charge in [-0.05, 0) is 26.1 Å². The normalized spacial score (nSPS) is 22.6. The van der Waals surface area contributed by atoms with E-state index >= 15 is 0 Å². The Labute approximate surface area is 163 Å². The molecule has 2 aromatic rings. The minimum atomic E-state index is 0.0552. The lowest BCUT2D eigenvalue weighted by atomic mass is 10.0. The van der Waals surface area contributed by atoms with E-state index in [9.17, 15) is 4.79 Å². The highest BCUT2D eigenvalue weighted by Crippen LogP contribution is 2.44. The highest BCUT2D eigenvalue weighted by Gasteiger charge is 2.34. The monoisotopic (exact) mass is 384 g/mol. The average Bonchev–Trinajstić information content (AvgIpc) is 3.32. The van der Waals surface area contributed by atoms with E-state index < -0.39 is 0 Å². The van der Waals surface area contributed by atoms with Gasteiger partial charge in [0.1, 0.15) is 0 Å². The summed E-state index contributed by atoms with van der Waals surface area (Å²) >= 11 is 1.81. The highest BCUT2D eigenvalue weighted by molar-refractivity contribution is 7.98. The number of likely N-dealkylation sites (tertiary alicyclic amines) is 1. The molecule has 1 aromatic carbocycles. The van der Waals surface area contributed by atoms with Crippen molar-refractivity contribution in [2.75, 3.05) is 46.4 Å². The van der Waals surface area contributed by atoms with Crippen molar-refractivity contribution in [2.24, 2.45) is 0 Å². The van der Waals surface area contributed by atoms with Gasteiger partial charge in [-0.1, -0.05) is 18.2 Å². The molecule has 1 unspecified atom stereocenters. The van der Waals surface area contributed by atoms with E-state index in [1.54, 1.807) is 11.8 Å². The molecule has 1 amide bonds. The first-order valence-corrected chi connectivity index (χ1v) is 10.6. The number of hydrogen-bond acceptors (Lipinski definition) is 5. The molecular weight excluding hydrogens is 360 g/mol. The van der Waals surface area contributed by atoms with Gasteiger partial charge in [0.15, 0.2) is 5.69 Å². The van der Waals surface area contributed by atoms with Crippen molar-refractivity contribution in [3.8, 4) is 11.3 Å². The van der Waals surface area contributed by atoms with Crippen LogP contribution in [-0.4, -0.2) is 71.9 Å². The number of likely N-dealkylation sites (N-methyl/N-ethyl adjacent to an activating group) is 1. The molecule has 0 N–H and O–H groups in total. The van der Waals surface area contributed by atoms with Crippen molar-refractivity contribution in [2.45, 2.75) is 23.1 Å². The van der Waals surface area contributed by atoms with Gasteiger partial charge in [0.25, 0.3) is 5.91 Å². The molecule has 4 heterocycles. The standard InChI is InChI=1S/C20H24N4O2S/c1-22-7-6-14(12-22)24-19-15-4-2-3-5-17(15)27-13-16(19)18(21-24)20(25)23-8-10-26-11-9-23/h2-5,14H,6-13H2,1H3. The van der Waals surface area contributed by atoms with Crippen LogP contribution in [0.1, 0.15) is 28.5 Å². The topological polar surface area (TPSA) is 50.6 Å². The second-order valence-electron chi connectivity index (χ2n) is 7.51. The molecule has 6 nitrogen and oxygen atoms in total. The quantitative estimate of drug-likeness (QED) is 0.796. The summed E-state index contributed by atoms with van der Waals surface area (Å²) in [6.45, 7) is 4.57. The van der Waals surface area contributed by atoms with Crippen molar-refractivity contribution in [3.05, 3.63) is 35.5 Å². The number of amides is 1. The number of thioether (sulfide) groups is 1. The summed E-state index contributed by atoms with van der Waals surface area (Å²) in [5.41, 5.74) is 4.11. The third kappa shape index (κ3) is 2.98. The summed E-state index contributed by atoms with van der Waals surface area (Å²) in [6.07, 6.45) is 1.07. The fourth-order valence-corrected chi connectivity index (χ4v) is 5.36. The van der Waals surface area contributed by atoms with Crippen LogP contribution in [0.4, 0.5) is 0 Å². The Kier molecular flexibility index (Phi) is 4.46. The van der Waals surface area contributed by atoms with E-state index in [1.165, 1.54) is 10.5 Å². The Hall–Kier alpha value is -1.83. The number of carbonyl (C=O) groups is 1. The zero-order valence-electron chi connectivity index (χ0n) is 15.6. The first-order chi connectivity index (χ1) is 13.2. The Morgan fingerprint density at radius 2 is 2.04 bits per heavy atom. The maximum atomic E-state index is 13.3. The fourth-order valence-electron chi connectivity index (χ4n) is 4.29. The molecule has 27 heavy (non-hydrogen) atoms. The summed E-state index contributed by atoms with van der Waals surface area (Å²) in [7, 11) is 2.15. The van der Waals surface area contributed by atoms with Gasteiger partial charge in [-0.3, -0.25) is 9.48 Å². The van der Waals surface area contributed by atoms with Crippen LogP contribution in [0.3, 0.4) is 0 Å². The van der Waals surface area contributed by atoms with Crippen molar-refractivity contribution in [1.29, 1.82) is 0 Å². The minimum absolute atomic E-state index is 0.0552. The van der Waals surface area contributed by atoms with Crippen LogP contribution in [0.5, 0.6) is 0 Å². The molecule has 2 saturated heterocycles. The third-order valence-corrected chi connectivity index (χ3v) is 6.84. The van der Waals surface area contributed by atoms with Crippen molar-refractivity contribution in [1.82, 2.24) is 19.6 Å². The molecule has 0 aliphatic carbocycles. The van der Waals surface area contributed by atoms with Gasteiger partial charge in [-0.2, -0.15) is 5.10 Å². The first-order valence-electron chi connectivity index (χ1n) is 9.61. The average molecular weight is 385 g/mol. The second kappa shape index (κ2) is 6.96. The Morgan fingerprint density at radius 3 is 2.81 bits per heavy atom. The SMILES string of the molecule is CN1CCC(n2nc(C(=O)N3CCOCC3)c3c2-c2ccccc2SC3)C1. The molecule has 0 spiro atoms. The molecule has 2 fully saturated rings. The molecular formula is C20H24N4O2S. The van der Waals surface area contributed by atoms with Gasteiger partial charge in [0, 0.05) is 41.4 Å². The molecule has 7 heteroatoms. The second-order valence-corrected chi connectivity index (χ2v) is 8.53. The van der Waals surface area contributed by atoms with E-state index in [0.29, 0.717) is 38.0 Å². The van der Waals surface area contributed by atoms with Gasteiger partial charge in [-0.15, -0.1) is 11.8 Å². The van der Waals surface area contributed by atoms with Crippen LogP contribution in [-0.2, 0) is 10.5 Å². The van der Waals surface area contributed by atoms with Crippen molar-refractivity contribution in [3.63, 3.8) is 0 Å². The number of nitrogens with zero attached hydrogens (tertiary/aromatic N) is 4. The van der Waals surface area contributed by atoms with E-state index in [-0.39, 0.29) is 5.91 Å². The molecule has 0 bridgehead atoms. The van der Waals surface area contributed by atoms with Crippen LogP contribution in [0, 0.1) is 0 Å². The minimum Gasteiger partial charge on any atom is -0.378 e. The maximum Gasteiger partial charge on any atom is 0.274 e. The zero-order chi connectivity index (χ0) is 18.4. The molecule has 3 aliphatic rings. The van der Waals surface area contributed by atoms with Crippen molar-refractivity contribution < 1.29 is 9.53 Å². The number of carbonyl (C=O) groups excluding carboxylic acids is 1. The third-order valence-electron chi connectivity index (χ3n) is 5.74. The highest BCUT2D eigenvalue weighted by atomic mass is 32.2. The van der Waals surface area contributed by atoms with Crippen molar-refractivity contribution >= 4 is 17.7 Å². The van der Waals surface area contributed by atoms with Gasteiger partial charge in [0.2, 0.25) is 0 Å². The smallest absolute Gasteiger partial charge is 0.274 e. The molecule has 0 saturated carbocycles. The van der Waals surface area contributed by atoms with Crippen LogP contribution in [0.2, 0.25) is 0 Å². The number of morpholine rings is 1. The molecule has 0 radical (unpaired) electrons. The summed E-state index contributed by atoms with van der Waals surface area (Å²) in [5, 5.41) is 4.93. The number of aromatic nitrogens is 2. The van der Waals surface area contributed by atoms with Gasteiger partial charge in [-0.25, -0.2) is 0 Å². The van der Waals surface area contributed by atoms with Crippen LogP contribution >= 0.6 is 11.8 Å². The molecule has 5 rings (SSSR count). The predicted octanol–water partition coefficient (Wildman–Crippen LogP) is 2.50.